The molecular weight excluding hydrogens is 444 g/mol. The van der Waals surface area contributed by atoms with Crippen molar-refractivity contribution in [1.82, 2.24) is 24.9 Å². The molecule has 5 rings (SSSR count). The van der Waals surface area contributed by atoms with E-state index in [1.165, 1.54) is 10.7 Å². The summed E-state index contributed by atoms with van der Waals surface area (Å²) in [7, 11) is 1.66. The molecule has 1 amide bonds. The summed E-state index contributed by atoms with van der Waals surface area (Å²) in [5.41, 5.74) is 1.36. The maximum absolute atomic E-state index is 13.6. The van der Waals surface area contributed by atoms with Crippen molar-refractivity contribution >= 4 is 16.8 Å². The average Bonchev–Trinajstić information content (AvgIpc) is 3.50. The third-order valence-corrected chi connectivity index (χ3v) is 6.01. The first-order chi connectivity index (χ1) is 16.4. The maximum Gasteiger partial charge on any atom is 0.258 e. The topological polar surface area (TPSA) is 93.1 Å². The summed E-state index contributed by atoms with van der Waals surface area (Å²) in [5.74, 6) is -1.72. The largest absolute Gasteiger partial charge is 0.384 e. The van der Waals surface area contributed by atoms with Gasteiger partial charge in [0.25, 0.3) is 11.5 Å². The number of benzene rings is 2. The number of methoxy groups -OCH3 is 1. The molecule has 1 aliphatic heterocycles. The molecular formula is C24H21F2N5O3. The van der Waals surface area contributed by atoms with E-state index < -0.39 is 17.2 Å². The van der Waals surface area contributed by atoms with Crippen LogP contribution in [-0.2, 0) is 4.74 Å². The number of aromatic amines is 1. The van der Waals surface area contributed by atoms with Crippen LogP contribution in [0.4, 0.5) is 8.78 Å². The Morgan fingerprint density at radius 2 is 1.94 bits per heavy atom. The zero-order valence-electron chi connectivity index (χ0n) is 18.3. The Bertz CT molecular complexity index is 1430. The average molecular weight is 465 g/mol. The molecule has 10 heteroatoms. The zero-order valence-corrected chi connectivity index (χ0v) is 18.3. The van der Waals surface area contributed by atoms with Gasteiger partial charge in [-0.1, -0.05) is 5.21 Å². The minimum absolute atomic E-state index is 0.0317. The number of halogens is 2. The maximum atomic E-state index is 13.6. The second-order valence-corrected chi connectivity index (χ2v) is 8.32. The normalized spacial score (nSPS) is 15.9. The van der Waals surface area contributed by atoms with E-state index in [0.29, 0.717) is 42.3 Å². The van der Waals surface area contributed by atoms with Crippen LogP contribution in [0.25, 0.3) is 27.8 Å². The van der Waals surface area contributed by atoms with E-state index in [2.05, 4.69) is 15.3 Å². The summed E-state index contributed by atoms with van der Waals surface area (Å²) in [6.07, 6.45) is 2.48. The molecule has 8 nitrogen and oxygen atoms in total. The van der Waals surface area contributed by atoms with Crippen molar-refractivity contribution in [3.8, 4) is 16.9 Å². The molecule has 1 fully saturated rings. The molecule has 0 bridgehead atoms. The lowest BCUT2D eigenvalue weighted by Gasteiger charge is -2.16. The molecule has 174 valence electrons. The third kappa shape index (κ3) is 4.08. The van der Waals surface area contributed by atoms with Crippen LogP contribution in [0.3, 0.4) is 0 Å². The van der Waals surface area contributed by atoms with Crippen molar-refractivity contribution in [3.63, 3.8) is 0 Å². The Labute approximate surface area is 192 Å². The second-order valence-electron chi connectivity index (χ2n) is 8.32. The highest BCUT2D eigenvalue weighted by molar-refractivity contribution is 5.94. The van der Waals surface area contributed by atoms with Crippen molar-refractivity contribution in [2.75, 3.05) is 26.8 Å². The summed E-state index contributed by atoms with van der Waals surface area (Å²) < 4.78 is 33.7. The Balaban J connectivity index is 1.37. The van der Waals surface area contributed by atoms with Gasteiger partial charge in [-0.05, 0) is 42.8 Å². The zero-order chi connectivity index (χ0) is 23.8. The molecule has 0 radical (unpaired) electrons. The van der Waals surface area contributed by atoms with Gasteiger partial charge in [-0.2, -0.15) is 0 Å². The molecule has 2 aromatic heterocycles. The van der Waals surface area contributed by atoms with E-state index in [1.54, 1.807) is 37.6 Å². The van der Waals surface area contributed by atoms with Gasteiger partial charge in [0.05, 0.1) is 29.6 Å². The second kappa shape index (κ2) is 8.79. The van der Waals surface area contributed by atoms with Gasteiger partial charge in [-0.3, -0.25) is 9.59 Å². The fourth-order valence-corrected chi connectivity index (χ4v) is 4.23. The number of nitrogens with one attached hydrogen (secondary N) is 1. The fraction of sp³-hybridized carbons (Fsp3) is 0.250. The number of amides is 1. The molecule has 1 saturated heterocycles. The molecule has 0 saturated carbocycles. The molecule has 1 N–H and O–H groups in total. The number of carbonyl (C=O) groups is 1. The SMILES string of the molecule is COC[C@@H]1CCN(C(=O)c2ccc(-n3cc(-c4cc5cc(F)c(F)cc5[nH]c4=O)nn3)cc2)C1. The Hall–Kier alpha value is -3.92. The summed E-state index contributed by atoms with van der Waals surface area (Å²) in [5, 5.41) is 8.46. The van der Waals surface area contributed by atoms with E-state index in [1.807, 2.05) is 4.90 Å². The smallest absolute Gasteiger partial charge is 0.258 e. The van der Waals surface area contributed by atoms with Crippen LogP contribution in [0.2, 0.25) is 0 Å². The van der Waals surface area contributed by atoms with Crippen molar-refractivity contribution < 1.29 is 18.3 Å². The van der Waals surface area contributed by atoms with Crippen LogP contribution < -0.4 is 5.56 Å². The standard InChI is InChI=1S/C24H21F2N5O3/c1-34-13-14-6-7-30(11-14)24(33)15-2-4-17(5-3-15)31-12-22(28-29-31)18-8-16-9-19(25)20(26)10-21(16)27-23(18)32/h2-5,8-10,12,14H,6-7,11,13H2,1H3,(H,27,32)/t14-/m1/s1. The molecule has 0 unspecified atom stereocenters. The summed E-state index contributed by atoms with van der Waals surface area (Å²) in [6.45, 7) is 2.03. The Morgan fingerprint density at radius 3 is 2.71 bits per heavy atom. The summed E-state index contributed by atoms with van der Waals surface area (Å²) in [6, 6.07) is 10.3. The summed E-state index contributed by atoms with van der Waals surface area (Å²) >= 11 is 0. The Morgan fingerprint density at radius 1 is 1.18 bits per heavy atom. The van der Waals surface area contributed by atoms with Gasteiger partial charge in [0, 0.05) is 43.1 Å². The number of aromatic nitrogens is 4. The van der Waals surface area contributed by atoms with Crippen LogP contribution >= 0.6 is 0 Å². The van der Waals surface area contributed by atoms with E-state index in [9.17, 15) is 18.4 Å². The number of rotatable bonds is 5. The number of likely N-dealkylation sites (tertiary alicyclic amines) is 1. The van der Waals surface area contributed by atoms with Crippen LogP contribution in [0.1, 0.15) is 16.8 Å². The quantitative estimate of drug-likeness (QED) is 0.489. The monoisotopic (exact) mass is 465 g/mol. The van der Waals surface area contributed by atoms with Gasteiger partial charge < -0.3 is 14.6 Å². The third-order valence-electron chi connectivity index (χ3n) is 6.01. The predicted octanol–water partition coefficient (Wildman–Crippen LogP) is 3.16. The van der Waals surface area contributed by atoms with Crippen LogP contribution in [0, 0.1) is 17.6 Å². The lowest BCUT2D eigenvalue weighted by atomic mass is 10.1. The molecule has 1 atom stereocenters. The number of hydrogen-bond acceptors (Lipinski definition) is 5. The highest BCUT2D eigenvalue weighted by atomic mass is 19.2. The van der Waals surface area contributed by atoms with Crippen molar-refractivity contribution in [3.05, 3.63) is 76.2 Å². The van der Waals surface area contributed by atoms with Crippen molar-refractivity contribution in [2.24, 2.45) is 5.92 Å². The number of carbonyl (C=O) groups excluding carboxylic acids is 1. The molecule has 4 aromatic rings. The first-order valence-corrected chi connectivity index (χ1v) is 10.8. The van der Waals surface area contributed by atoms with E-state index >= 15 is 0 Å². The molecule has 0 aliphatic carbocycles. The van der Waals surface area contributed by atoms with Gasteiger partial charge in [-0.25, -0.2) is 13.5 Å². The molecule has 34 heavy (non-hydrogen) atoms. The van der Waals surface area contributed by atoms with Gasteiger partial charge in [0.2, 0.25) is 0 Å². The number of nitrogens with zero attached hydrogens (tertiary/aromatic N) is 4. The molecule has 0 spiro atoms. The first kappa shape index (κ1) is 21.9. The Kier molecular flexibility index (Phi) is 5.66. The van der Waals surface area contributed by atoms with E-state index in [4.69, 9.17) is 4.74 Å². The lowest BCUT2D eigenvalue weighted by Crippen LogP contribution is -2.29. The van der Waals surface area contributed by atoms with E-state index in [0.717, 1.165) is 18.6 Å². The van der Waals surface area contributed by atoms with Crippen LogP contribution in [0.5, 0.6) is 0 Å². The molecule has 3 heterocycles. The number of fused-ring (bicyclic) bond motifs is 1. The summed E-state index contributed by atoms with van der Waals surface area (Å²) in [4.78, 5) is 29.6. The van der Waals surface area contributed by atoms with E-state index in [-0.39, 0.29) is 22.7 Å². The van der Waals surface area contributed by atoms with Gasteiger partial charge >= 0.3 is 0 Å². The number of hydrogen-bond donors (Lipinski definition) is 1. The number of H-pyrrole nitrogens is 1. The lowest BCUT2D eigenvalue weighted by molar-refractivity contribution is 0.0775. The fourth-order valence-electron chi connectivity index (χ4n) is 4.23. The van der Waals surface area contributed by atoms with Gasteiger partial charge in [0.1, 0.15) is 5.69 Å². The minimum Gasteiger partial charge on any atom is -0.384 e. The minimum atomic E-state index is -1.04. The van der Waals surface area contributed by atoms with Crippen molar-refractivity contribution in [1.29, 1.82) is 0 Å². The van der Waals surface area contributed by atoms with Gasteiger partial charge in [0.15, 0.2) is 11.6 Å². The number of ether oxygens (including phenoxy) is 1. The molecule has 2 aromatic carbocycles. The highest BCUT2D eigenvalue weighted by Crippen LogP contribution is 2.22. The number of pyridine rings is 1. The molecule has 1 aliphatic rings. The van der Waals surface area contributed by atoms with Gasteiger partial charge in [-0.15, -0.1) is 5.10 Å². The predicted molar refractivity (Wildman–Crippen MR) is 121 cm³/mol. The highest BCUT2D eigenvalue weighted by Gasteiger charge is 2.26. The van der Waals surface area contributed by atoms with Crippen molar-refractivity contribution in [2.45, 2.75) is 6.42 Å². The van der Waals surface area contributed by atoms with Crippen LogP contribution in [0.15, 0.2) is 53.5 Å². The first-order valence-electron chi connectivity index (χ1n) is 10.8. The van der Waals surface area contributed by atoms with Crippen LogP contribution in [-0.4, -0.2) is 57.6 Å².